The number of hydrogen-bond donors (Lipinski definition) is 6. The zero-order chi connectivity index (χ0) is 25.5. The van der Waals surface area contributed by atoms with Crippen molar-refractivity contribution in [1.29, 1.82) is 0 Å². The van der Waals surface area contributed by atoms with E-state index in [2.05, 4.69) is 13.5 Å². The van der Waals surface area contributed by atoms with Crippen molar-refractivity contribution < 1.29 is 44.9 Å². The van der Waals surface area contributed by atoms with Gasteiger partial charge in [0.25, 0.3) is 0 Å². The lowest BCUT2D eigenvalue weighted by atomic mass is 9.40. The van der Waals surface area contributed by atoms with Crippen molar-refractivity contribution in [3.8, 4) is 0 Å². The van der Waals surface area contributed by atoms with Crippen molar-refractivity contribution in [2.45, 2.75) is 102 Å². The van der Waals surface area contributed by atoms with Gasteiger partial charge in [0.05, 0.1) is 24.2 Å². The highest BCUT2D eigenvalue weighted by Gasteiger charge is 2.70. The van der Waals surface area contributed by atoms with Gasteiger partial charge in [0.15, 0.2) is 0 Å². The number of carbonyl (C=O) groups excluding carboxylic acids is 1. The Hall–Kier alpha value is -1.07. The van der Waals surface area contributed by atoms with Crippen LogP contribution in [0.1, 0.15) is 58.8 Å². The molecule has 5 rings (SSSR count). The smallest absolute Gasteiger partial charge is 0.314 e. The maximum atomic E-state index is 13.7. The molecule has 0 aromatic heterocycles. The van der Waals surface area contributed by atoms with E-state index in [-0.39, 0.29) is 17.8 Å². The summed E-state index contributed by atoms with van der Waals surface area (Å²) in [5.74, 6) is -0.723. The predicted octanol–water partition coefficient (Wildman–Crippen LogP) is 0.240. The topological polar surface area (TPSA) is 157 Å². The second-order valence-corrected chi connectivity index (χ2v) is 12.4. The molecular formula is C26H40O9. The summed E-state index contributed by atoms with van der Waals surface area (Å²) in [5, 5.41) is 62.6. The van der Waals surface area contributed by atoms with E-state index in [0.29, 0.717) is 25.7 Å². The Kier molecular flexibility index (Phi) is 6.19. The standard InChI is InChI=1S/C26H40O9/c1-12-13-9-14(28)20-24(2)6-4-7-25(3,16(24)5-8-26(20,10-13)21(12)32)23(33)35-22-19(31)18(30)17(29)15(11-27)34-22/h13-22,27-32H,1,4-11H2,2-3H3. The van der Waals surface area contributed by atoms with E-state index in [0.717, 1.165) is 24.8 Å². The minimum Gasteiger partial charge on any atom is -0.432 e. The molecule has 4 aliphatic carbocycles. The van der Waals surface area contributed by atoms with Crippen molar-refractivity contribution in [1.82, 2.24) is 0 Å². The Morgan fingerprint density at radius 3 is 2.49 bits per heavy atom. The van der Waals surface area contributed by atoms with Gasteiger partial charge in [-0.05, 0) is 74.2 Å². The van der Waals surface area contributed by atoms with Gasteiger partial charge < -0.3 is 40.1 Å². The Balaban J connectivity index is 1.42. The summed E-state index contributed by atoms with van der Waals surface area (Å²) in [4.78, 5) is 13.7. The Morgan fingerprint density at radius 1 is 1.09 bits per heavy atom. The van der Waals surface area contributed by atoms with Crippen LogP contribution in [-0.2, 0) is 14.3 Å². The summed E-state index contributed by atoms with van der Waals surface area (Å²) in [6, 6.07) is 0. The van der Waals surface area contributed by atoms with E-state index in [1.54, 1.807) is 0 Å². The van der Waals surface area contributed by atoms with Gasteiger partial charge in [-0.25, -0.2) is 0 Å². The van der Waals surface area contributed by atoms with Gasteiger partial charge in [-0.15, -0.1) is 0 Å². The van der Waals surface area contributed by atoms with Gasteiger partial charge in [0.1, 0.15) is 24.4 Å². The molecule has 5 fully saturated rings. The number of aliphatic hydroxyl groups excluding tert-OH is 6. The third-order valence-corrected chi connectivity index (χ3v) is 10.7. The van der Waals surface area contributed by atoms with Crippen LogP contribution in [0.2, 0.25) is 0 Å². The van der Waals surface area contributed by atoms with Gasteiger partial charge in [-0.3, -0.25) is 4.79 Å². The fourth-order valence-electron chi connectivity index (χ4n) is 9.12. The van der Waals surface area contributed by atoms with Crippen LogP contribution in [-0.4, -0.2) is 86.1 Å². The molecule has 9 nitrogen and oxygen atoms in total. The first-order valence-electron chi connectivity index (χ1n) is 13.0. The first-order valence-corrected chi connectivity index (χ1v) is 13.0. The first kappa shape index (κ1) is 25.6. The Morgan fingerprint density at radius 2 is 1.80 bits per heavy atom. The quantitative estimate of drug-likeness (QED) is 0.238. The maximum Gasteiger partial charge on any atom is 0.314 e. The van der Waals surface area contributed by atoms with Crippen molar-refractivity contribution in [3.05, 3.63) is 12.2 Å². The lowest BCUT2D eigenvalue weighted by Crippen LogP contribution is -2.64. The highest BCUT2D eigenvalue weighted by atomic mass is 16.7. The number of aliphatic hydroxyl groups is 6. The second-order valence-electron chi connectivity index (χ2n) is 12.4. The van der Waals surface area contributed by atoms with Gasteiger partial charge in [0.2, 0.25) is 6.29 Å². The molecule has 1 aliphatic heterocycles. The molecule has 13 atom stereocenters. The normalized spacial score (nSPS) is 55.7. The van der Waals surface area contributed by atoms with Crippen molar-refractivity contribution >= 4 is 5.97 Å². The maximum absolute atomic E-state index is 13.7. The zero-order valence-corrected chi connectivity index (χ0v) is 20.5. The fourth-order valence-corrected chi connectivity index (χ4v) is 9.12. The van der Waals surface area contributed by atoms with Crippen LogP contribution in [0.3, 0.4) is 0 Å². The van der Waals surface area contributed by atoms with E-state index in [1.165, 1.54) is 0 Å². The molecule has 1 saturated heterocycles. The average molecular weight is 497 g/mol. The molecule has 1 heterocycles. The van der Waals surface area contributed by atoms with Crippen LogP contribution in [0.4, 0.5) is 0 Å². The van der Waals surface area contributed by atoms with Crippen LogP contribution in [0.15, 0.2) is 12.2 Å². The van der Waals surface area contributed by atoms with E-state index in [1.807, 2.05) is 6.92 Å². The Bertz CT molecular complexity index is 877. The highest BCUT2D eigenvalue weighted by molar-refractivity contribution is 5.77. The van der Waals surface area contributed by atoms with E-state index in [4.69, 9.17) is 9.47 Å². The van der Waals surface area contributed by atoms with Crippen LogP contribution >= 0.6 is 0 Å². The summed E-state index contributed by atoms with van der Waals surface area (Å²) < 4.78 is 11.1. The van der Waals surface area contributed by atoms with E-state index >= 15 is 0 Å². The van der Waals surface area contributed by atoms with Crippen molar-refractivity contribution in [3.63, 3.8) is 0 Å². The monoisotopic (exact) mass is 496 g/mol. The van der Waals surface area contributed by atoms with Crippen molar-refractivity contribution in [2.75, 3.05) is 6.61 Å². The third-order valence-electron chi connectivity index (χ3n) is 10.7. The van der Waals surface area contributed by atoms with E-state index in [9.17, 15) is 35.4 Å². The fraction of sp³-hybridized carbons (Fsp3) is 0.885. The largest absolute Gasteiger partial charge is 0.432 e. The average Bonchev–Trinajstić information content (AvgIpc) is 2.99. The summed E-state index contributed by atoms with van der Waals surface area (Å²) >= 11 is 0. The van der Waals surface area contributed by atoms with Gasteiger partial charge >= 0.3 is 5.97 Å². The van der Waals surface area contributed by atoms with Crippen LogP contribution in [0.25, 0.3) is 0 Å². The number of hydrogen-bond acceptors (Lipinski definition) is 9. The molecule has 0 aromatic carbocycles. The zero-order valence-electron chi connectivity index (χ0n) is 20.5. The lowest BCUT2D eigenvalue weighted by molar-refractivity contribution is -0.298. The predicted molar refractivity (Wildman–Crippen MR) is 122 cm³/mol. The molecule has 9 heteroatoms. The van der Waals surface area contributed by atoms with Crippen LogP contribution in [0.5, 0.6) is 0 Å². The second kappa shape index (κ2) is 8.48. The van der Waals surface area contributed by atoms with Crippen LogP contribution < -0.4 is 0 Å². The molecule has 0 radical (unpaired) electrons. The molecule has 0 amide bonds. The van der Waals surface area contributed by atoms with E-state index < -0.39 is 71.7 Å². The summed E-state index contributed by atoms with van der Waals surface area (Å²) in [6.07, 6.45) is -3.80. The molecule has 13 unspecified atom stereocenters. The number of esters is 1. The summed E-state index contributed by atoms with van der Waals surface area (Å²) in [6.45, 7) is 7.55. The lowest BCUT2D eigenvalue weighted by Gasteiger charge is -2.64. The number of ether oxygens (including phenoxy) is 2. The van der Waals surface area contributed by atoms with Gasteiger partial charge in [-0.1, -0.05) is 19.9 Å². The molecule has 0 aromatic rings. The first-order chi connectivity index (χ1) is 16.4. The SMILES string of the molecule is C=C1C2CC(O)C3C4(C)CCCC(C)(C(=O)OC5OC(CO)C(O)C(O)C5O)C4CCC3(C2)C1O. The number of carbonyl (C=O) groups is 1. The third kappa shape index (κ3) is 3.42. The van der Waals surface area contributed by atoms with Gasteiger partial charge in [-0.2, -0.15) is 0 Å². The number of rotatable bonds is 3. The molecule has 2 bridgehead atoms. The Labute approximate surface area is 205 Å². The summed E-state index contributed by atoms with van der Waals surface area (Å²) in [7, 11) is 0. The summed E-state index contributed by atoms with van der Waals surface area (Å²) in [5.41, 5.74) is -0.932. The highest BCUT2D eigenvalue weighted by Crippen LogP contribution is 2.72. The molecule has 1 spiro atoms. The molecule has 35 heavy (non-hydrogen) atoms. The molecule has 4 saturated carbocycles. The minimum atomic E-state index is -1.65. The minimum absolute atomic E-state index is 0.121. The molecule has 6 N–H and O–H groups in total. The number of fused-ring (bicyclic) bond motifs is 3. The van der Waals surface area contributed by atoms with Crippen molar-refractivity contribution in [2.24, 2.45) is 34.0 Å². The van der Waals surface area contributed by atoms with Crippen LogP contribution in [0, 0.1) is 34.0 Å². The molecule has 198 valence electrons. The van der Waals surface area contributed by atoms with Gasteiger partial charge in [0, 0.05) is 5.41 Å². The molecule has 5 aliphatic rings. The molecular weight excluding hydrogens is 456 g/mol.